The van der Waals surface area contributed by atoms with E-state index in [9.17, 15) is 25.9 Å². The number of rotatable bonds is 3. The summed E-state index contributed by atoms with van der Waals surface area (Å²) in [5.41, 5.74) is -0.250. The Morgan fingerprint density at radius 3 is 2.60 bits per heavy atom. The van der Waals surface area contributed by atoms with Crippen molar-refractivity contribution in [2.24, 2.45) is 5.92 Å². The van der Waals surface area contributed by atoms with Crippen molar-refractivity contribution in [1.29, 1.82) is 0 Å². The quantitative estimate of drug-likeness (QED) is 0.632. The van der Waals surface area contributed by atoms with Crippen molar-refractivity contribution in [3.63, 3.8) is 0 Å². The van der Waals surface area contributed by atoms with Crippen molar-refractivity contribution < 1.29 is 25.9 Å². The number of anilines is 1. The van der Waals surface area contributed by atoms with Gasteiger partial charge < -0.3 is 4.90 Å². The summed E-state index contributed by atoms with van der Waals surface area (Å²) in [4.78, 5) is 12.7. The zero-order valence-corrected chi connectivity index (χ0v) is 11.5. The number of amides is 1. The Balaban J connectivity index is 2.27. The third kappa shape index (κ3) is 3.06. The highest BCUT2D eigenvalue weighted by Crippen LogP contribution is 2.32. The van der Waals surface area contributed by atoms with E-state index in [1.807, 2.05) is 0 Å². The predicted molar refractivity (Wildman–Crippen MR) is 66.7 cm³/mol. The first-order valence-electron chi connectivity index (χ1n) is 5.55. The number of hydrogen-bond donors (Lipinski definition) is 0. The monoisotopic (exact) mass is 327 g/mol. The molecule has 0 N–H and O–H groups in total. The molecule has 20 heavy (non-hydrogen) atoms. The van der Waals surface area contributed by atoms with Crippen LogP contribution in [0, 0.1) is 17.6 Å². The lowest BCUT2D eigenvalue weighted by molar-refractivity contribution is -0.117. The maximum Gasteiger partial charge on any atom is 0.302 e. The van der Waals surface area contributed by atoms with Crippen LogP contribution in [-0.2, 0) is 15.0 Å². The third-order valence-corrected chi connectivity index (χ3v) is 4.16. The molecule has 1 heterocycles. The van der Waals surface area contributed by atoms with Gasteiger partial charge in [0.1, 0.15) is 10.8 Å². The third-order valence-electron chi connectivity index (χ3n) is 2.95. The molecular formula is C11H9ClF3NO3S. The molecule has 110 valence electrons. The Kier molecular flexibility index (Phi) is 3.97. The molecule has 0 saturated carbocycles. The Labute approximate surface area is 118 Å². The molecular weight excluding hydrogens is 319 g/mol. The molecule has 4 nitrogen and oxygen atoms in total. The van der Waals surface area contributed by atoms with Gasteiger partial charge in [-0.2, -0.15) is 8.42 Å². The predicted octanol–water partition coefficient (Wildman–Crippen LogP) is 2.27. The van der Waals surface area contributed by atoms with Gasteiger partial charge in [0.25, 0.3) is 0 Å². The van der Waals surface area contributed by atoms with Gasteiger partial charge in [-0.25, -0.2) is 8.78 Å². The standard InChI is InChI=1S/C11H9ClF3NO3S/c12-10-7(13)1-2-8(11(10)14)16-4-6(3-9(16)17)5-20(15,18)19/h1-2,6H,3-5H2. The molecule has 2 rings (SSSR count). The molecule has 0 aliphatic carbocycles. The van der Waals surface area contributed by atoms with Gasteiger partial charge in [0.15, 0.2) is 5.82 Å². The largest absolute Gasteiger partial charge is 0.309 e. The van der Waals surface area contributed by atoms with Gasteiger partial charge in [-0.3, -0.25) is 4.79 Å². The normalized spacial score (nSPS) is 19.7. The molecule has 1 amide bonds. The van der Waals surface area contributed by atoms with Gasteiger partial charge in [-0.05, 0) is 12.1 Å². The second-order valence-corrected chi connectivity index (χ2v) is 6.26. The highest BCUT2D eigenvalue weighted by molar-refractivity contribution is 7.86. The second kappa shape index (κ2) is 5.25. The van der Waals surface area contributed by atoms with Gasteiger partial charge in [0.05, 0.1) is 11.4 Å². The molecule has 1 saturated heterocycles. The van der Waals surface area contributed by atoms with Gasteiger partial charge >= 0.3 is 10.2 Å². The fourth-order valence-corrected chi connectivity index (χ4v) is 3.08. The summed E-state index contributed by atoms with van der Waals surface area (Å²) in [5, 5.41) is -0.753. The molecule has 1 aromatic rings. The van der Waals surface area contributed by atoms with Gasteiger partial charge in [0.2, 0.25) is 5.91 Å². The fraction of sp³-hybridized carbons (Fsp3) is 0.364. The highest BCUT2D eigenvalue weighted by atomic mass is 35.5. The molecule has 1 fully saturated rings. The molecule has 1 aliphatic rings. The van der Waals surface area contributed by atoms with Crippen LogP contribution in [0.3, 0.4) is 0 Å². The Morgan fingerprint density at radius 2 is 2.00 bits per heavy atom. The Hall–Kier alpha value is -1.28. The average Bonchev–Trinajstić information content (AvgIpc) is 2.65. The van der Waals surface area contributed by atoms with Crippen LogP contribution in [0.1, 0.15) is 6.42 Å². The lowest BCUT2D eigenvalue weighted by Crippen LogP contribution is -2.26. The number of halogens is 4. The molecule has 1 aliphatic heterocycles. The van der Waals surface area contributed by atoms with Crippen molar-refractivity contribution in [2.45, 2.75) is 6.42 Å². The van der Waals surface area contributed by atoms with Crippen LogP contribution >= 0.6 is 11.6 Å². The van der Waals surface area contributed by atoms with E-state index < -0.39 is 44.5 Å². The lowest BCUT2D eigenvalue weighted by atomic mass is 10.1. The lowest BCUT2D eigenvalue weighted by Gasteiger charge is -2.18. The van der Waals surface area contributed by atoms with Gasteiger partial charge in [-0.1, -0.05) is 11.6 Å². The van der Waals surface area contributed by atoms with Crippen LogP contribution in [0.5, 0.6) is 0 Å². The minimum Gasteiger partial charge on any atom is -0.309 e. The van der Waals surface area contributed by atoms with Crippen LogP contribution in [0.25, 0.3) is 0 Å². The minimum atomic E-state index is -4.72. The second-order valence-electron chi connectivity index (χ2n) is 4.47. The van der Waals surface area contributed by atoms with Crippen LogP contribution in [0.15, 0.2) is 12.1 Å². The molecule has 0 bridgehead atoms. The number of benzene rings is 1. The summed E-state index contributed by atoms with van der Waals surface area (Å²) in [6.07, 6.45) is -0.225. The smallest absolute Gasteiger partial charge is 0.302 e. The van der Waals surface area contributed by atoms with E-state index in [0.717, 1.165) is 17.0 Å². The zero-order valence-electron chi connectivity index (χ0n) is 9.95. The highest BCUT2D eigenvalue weighted by Gasteiger charge is 2.35. The summed E-state index contributed by atoms with van der Waals surface area (Å²) in [6.45, 7) is -0.166. The van der Waals surface area contributed by atoms with Crippen LogP contribution < -0.4 is 4.90 Å². The minimum absolute atomic E-state index is 0.166. The van der Waals surface area contributed by atoms with Crippen LogP contribution in [-0.4, -0.2) is 26.6 Å². The number of carbonyl (C=O) groups excluding carboxylic acids is 1. The fourth-order valence-electron chi connectivity index (χ4n) is 2.13. The first-order valence-corrected chi connectivity index (χ1v) is 7.48. The van der Waals surface area contributed by atoms with Crippen molar-refractivity contribution in [2.75, 3.05) is 17.2 Å². The van der Waals surface area contributed by atoms with Crippen LogP contribution in [0.2, 0.25) is 5.02 Å². The first kappa shape index (κ1) is 15.1. The van der Waals surface area contributed by atoms with E-state index in [-0.39, 0.29) is 18.7 Å². The number of hydrogen-bond acceptors (Lipinski definition) is 3. The number of nitrogens with zero attached hydrogens (tertiary/aromatic N) is 1. The molecule has 1 unspecified atom stereocenters. The van der Waals surface area contributed by atoms with Crippen molar-refractivity contribution >= 4 is 33.4 Å². The van der Waals surface area contributed by atoms with Crippen molar-refractivity contribution in [3.05, 3.63) is 28.8 Å². The van der Waals surface area contributed by atoms with Gasteiger partial charge in [0, 0.05) is 18.9 Å². The Morgan fingerprint density at radius 1 is 1.35 bits per heavy atom. The molecule has 1 aromatic carbocycles. The molecule has 9 heteroatoms. The first-order chi connectivity index (χ1) is 9.19. The summed E-state index contributed by atoms with van der Waals surface area (Å²) in [7, 11) is -4.72. The number of carbonyl (C=O) groups is 1. The topological polar surface area (TPSA) is 54.5 Å². The Bertz CT molecular complexity index is 665. The van der Waals surface area contributed by atoms with E-state index in [1.54, 1.807) is 0 Å². The maximum absolute atomic E-state index is 13.8. The van der Waals surface area contributed by atoms with Crippen molar-refractivity contribution in [1.82, 2.24) is 0 Å². The van der Waals surface area contributed by atoms with E-state index >= 15 is 0 Å². The summed E-state index contributed by atoms with van der Waals surface area (Å²) in [5.74, 6) is -4.24. The zero-order chi connectivity index (χ0) is 15.1. The average molecular weight is 328 g/mol. The van der Waals surface area contributed by atoms with E-state index in [4.69, 9.17) is 11.6 Å². The molecule has 0 aromatic heterocycles. The molecule has 0 spiro atoms. The van der Waals surface area contributed by atoms with Crippen LogP contribution in [0.4, 0.5) is 18.4 Å². The summed E-state index contributed by atoms with van der Waals surface area (Å²) >= 11 is 5.41. The van der Waals surface area contributed by atoms with E-state index in [2.05, 4.69) is 0 Å². The molecule has 0 radical (unpaired) electrons. The van der Waals surface area contributed by atoms with Gasteiger partial charge in [-0.15, -0.1) is 3.89 Å². The summed E-state index contributed by atoms with van der Waals surface area (Å²) < 4.78 is 60.5. The maximum atomic E-state index is 13.8. The SMILES string of the molecule is O=C1CC(CS(=O)(=O)F)CN1c1ccc(F)c(Cl)c1F. The summed E-state index contributed by atoms with van der Waals surface area (Å²) in [6, 6.07) is 1.92. The van der Waals surface area contributed by atoms with E-state index in [1.165, 1.54) is 0 Å². The van der Waals surface area contributed by atoms with Crippen molar-refractivity contribution in [3.8, 4) is 0 Å². The van der Waals surface area contributed by atoms with E-state index in [0.29, 0.717) is 0 Å². The molecule has 1 atom stereocenters.